The molecular formula is C9H6Cl2N2OS. The fourth-order valence-corrected chi connectivity index (χ4v) is 1.76. The van der Waals surface area contributed by atoms with Gasteiger partial charge in [0, 0.05) is 5.02 Å². The van der Waals surface area contributed by atoms with Gasteiger partial charge in [0.2, 0.25) is 5.15 Å². The zero-order chi connectivity index (χ0) is 10.7. The number of hydrogen-bond acceptors (Lipinski definition) is 4. The van der Waals surface area contributed by atoms with E-state index >= 15 is 0 Å². The van der Waals surface area contributed by atoms with E-state index in [4.69, 9.17) is 27.9 Å². The van der Waals surface area contributed by atoms with Gasteiger partial charge in [-0.2, -0.15) is 4.37 Å². The Kier molecular flexibility index (Phi) is 3.41. The second-order valence-corrected chi connectivity index (χ2v) is 4.10. The topological polar surface area (TPSA) is 35.0 Å². The molecule has 0 aliphatic heterocycles. The average Bonchev–Trinajstić information content (AvgIpc) is 2.63. The summed E-state index contributed by atoms with van der Waals surface area (Å²) in [5, 5.41) is 1.00. The van der Waals surface area contributed by atoms with Crippen LogP contribution in [0.5, 0.6) is 5.88 Å². The molecule has 0 radical (unpaired) electrons. The predicted molar refractivity (Wildman–Crippen MR) is 60.7 cm³/mol. The smallest absolute Gasteiger partial charge is 0.265 e. The molecule has 0 atom stereocenters. The lowest BCUT2D eigenvalue weighted by Gasteiger charge is -2.02. The van der Waals surface area contributed by atoms with Crippen molar-refractivity contribution >= 4 is 34.9 Å². The first-order chi connectivity index (χ1) is 7.25. The van der Waals surface area contributed by atoms with Crippen molar-refractivity contribution in [2.45, 2.75) is 6.61 Å². The highest BCUT2D eigenvalue weighted by molar-refractivity contribution is 6.99. The minimum absolute atomic E-state index is 0.300. The summed E-state index contributed by atoms with van der Waals surface area (Å²) in [7, 11) is 0. The Bertz CT molecular complexity index is 444. The summed E-state index contributed by atoms with van der Waals surface area (Å²) in [6.07, 6.45) is 0. The second kappa shape index (κ2) is 4.79. The quantitative estimate of drug-likeness (QED) is 0.849. The molecule has 0 unspecified atom stereocenters. The molecule has 1 aromatic carbocycles. The first-order valence-corrected chi connectivity index (χ1v) is 5.59. The zero-order valence-electron chi connectivity index (χ0n) is 7.48. The van der Waals surface area contributed by atoms with E-state index < -0.39 is 0 Å². The third kappa shape index (κ3) is 2.81. The molecule has 0 bridgehead atoms. The Morgan fingerprint density at radius 3 is 2.47 bits per heavy atom. The van der Waals surface area contributed by atoms with E-state index in [0.717, 1.165) is 17.3 Å². The minimum atomic E-state index is 0.300. The number of nitrogens with zero attached hydrogens (tertiary/aromatic N) is 2. The molecule has 15 heavy (non-hydrogen) atoms. The van der Waals surface area contributed by atoms with Crippen LogP contribution in [0.3, 0.4) is 0 Å². The van der Waals surface area contributed by atoms with E-state index in [9.17, 15) is 0 Å². The Morgan fingerprint density at radius 1 is 1.13 bits per heavy atom. The van der Waals surface area contributed by atoms with E-state index in [-0.39, 0.29) is 0 Å². The van der Waals surface area contributed by atoms with Crippen LogP contribution in [-0.4, -0.2) is 8.75 Å². The first-order valence-electron chi connectivity index (χ1n) is 4.11. The van der Waals surface area contributed by atoms with Crippen LogP contribution in [0.4, 0.5) is 0 Å². The summed E-state index contributed by atoms with van der Waals surface area (Å²) in [5.41, 5.74) is 1.00. The molecule has 0 fully saturated rings. The van der Waals surface area contributed by atoms with Crippen molar-refractivity contribution in [3.8, 4) is 5.88 Å². The van der Waals surface area contributed by atoms with Crippen molar-refractivity contribution in [2.75, 3.05) is 0 Å². The van der Waals surface area contributed by atoms with Gasteiger partial charge in [0.25, 0.3) is 5.88 Å². The fraction of sp³-hybridized carbons (Fsp3) is 0.111. The van der Waals surface area contributed by atoms with Gasteiger partial charge >= 0.3 is 0 Å². The van der Waals surface area contributed by atoms with E-state index in [2.05, 4.69) is 8.75 Å². The summed E-state index contributed by atoms with van der Waals surface area (Å²) in [5.74, 6) is 0.372. The molecule has 6 heteroatoms. The molecule has 0 saturated heterocycles. The van der Waals surface area contributed by atoms with Crippen LogP contribution < -0.4 is 4.74 Å². The van der Waals surface area contributed by atoms with Crippen LogP contribution in [0.2, 0.25) is 10.2 Å². The van der Waals surface area contributed by atoms with E-state index in [1.54, 1.807) is 12.1 Å². The van der Waals surface area contributed by atoms with Crippen molar-refractivity contribution in [2.24, 2.45) is 0 Å². The molecule has 0 amide bonds. The molecule has 0 aliphatic carbocycles. The van der Waals surface area contributed by atoms with Gasteiger partial charge < -0.3 is 4.74 Å². The maximum absolute atomic E-state index is 5.75. The molecular weight excluding hydrogens is 255 g/mol. The molecule has 0 aliphatic rings. The first kappa shape index (κ1) is 10.7. The highest BCUT2D eigenvalue weighted by Crippen LogP contribution is 2.21. The third-order valence-corrected chi connectivity index (χ3v) is 2.82. The number of rotatable bonds is 3. The van der Waals surface area contributed by atoms with Crippen LogP contribution in [0, 0.1) is 0 Å². The lowest BCUT2D eigenvalue weighted by atomic mass is 10.2. The molecule has 0 saturated carbocycles. The van der Waals surface area contributed by atoms with Crippen LogP contribution in [0.1, 0.15) is 5.56 Å². The van der Waals surface area contributed by atoms with Gasteiger partial charge in [-0.25, -0.2) is 0 Å². The number of aromatic nitrogens is 2. The normalized spacial score (nSPS) is 10.3. The van der Waals surface area contributed by atoms with Gasteiger partial charge in [0.15, 0.2) is 0 Å². The van der Waals surface area contributed by atoms with E-state index in [1.165, 1.54) is 0 Å². The van der Waals surface area contributed by atoms with Crippen molar-refractivity contribution in [3.63, 3.8) is 0 Å². The Morgan fingerprint density at radius 2 is 1.87 bits per heavy atom. The van der Waals surface area contributed by atoms with Gasteiger partial charge in [-0.15, -0.1) is 4.37 Å². The van der Waals surface area contributed by atoms with Crippen molar-refractivity contribution in [3.05, 3.63) is 40.0 Å². The van der Waals surface area contributed by atoms with Gasteiger partial charge in [-0.05, 0) is 17.7 Å². The zero-order valence-corrected chi connectivity index (χ0v) is 9.81. The standard InChI is InChI=1S/C9H6Cl2N2OS/c10-7-3-1-6(2-4-7)5-14-9-8(11)12-15-13-9/h1-4H,5H2. The monoisotopic (exact) mass is 260 g/mol. The van der Waals surface area contributed by atoms with Crippen LogP contribution in [0.25, 0.3) is 0 Å². The number of ether oxygens (including phenoxy) is 1. The largest absolute Gasteiger partial charge is 0.470 e. The molecule has 3 nitrogen and oxygen atoms in total. The molecule has 0 spiro atoms. The Hall–Kier alpha value is -0.840. The molecule has 1 aromatic heterocycles. The number of hydrogen-bond donors (Lipinski definition) is 0. The Labute approximate surface area is 101 Å². The molecule has 1 heterocycles. The summed E-state index contributed by atoms with van der Waals surface area (Å²) in [6, 6.07) is 7.38. The molecule has 2 rings (SSSR count). The molecule has 78 valence electrons. The third-order valence-electron chi connectivity index (χ3n) is 1.71. The molecule has 0 N–H and O–H groups in total. The van der Waals surface area contributed by atoms with E-state index in [1.807, 2.05) is 12.1 Å². The number of halogens is 2. The summed E-state index contributed by atoms with van der Waals surface area (Å²) in [6.45, 7) is 0.405. The van der Waals surface area contributed by atoms with Gasteiger partial charge in [-0.1, -0.05) is 35.3 Å². The maximum Gasteiger partial charge on any atom is 0.265 e. The fourth-order valence-electron chi connectivity index (χ4n) is 0.988. The summed E-state index contributed by atoms with van der Waals surface area (Å²) >= 11 is 12.5. The minimum Gasteiger partial charge on any atom is -0.470 e. The van der Waals surface area contributed by atoms with Crippen LogP contribution >= 0.6 is 34.9 Å². The SMILES string of the molecule is Clc1ccc(COc2nsnc2Cl)cc1. The lowest BCUT2D eigenvalue weighted by Crippen LogP contribution is -1.95. The van der Waals surface area contributed by atoms with Gasteiger partial charge in [0.1, 0.15) is 6.61 Å². The Balaban J connectivity index is 1.99. The van der Waals surface area contributed by atoms with Gasteiger partial charge in [0.05, 0.1) is 11.7 Å². The summed E-state index contributed by atoms with van der Waals surface area (Å²) in [4.78, 5) is 0. The lowest BCUT2D eigenvalue weighted by molar-refractivity contribution is 0.297. The predicted octanol–water partition coefficient (Wildman–Crippen LogP) is 3.42. The number of benzene rings is 1. The highest BCUT2D eigenvalue weighted by Gasteiger charge is 2.05. The summed E-state index contributed by atoms with van der Waals surface area (Å²) < 4.78 is 13.1. The highest BCUT2D eigenvalue weighted by atomic mass is 35.5. The van der Waals surface area contributed by atoms with Crippen molar-refractivity contribution in [1.82, 2.24) is 8.75 Å². The van der Waals surface area contributed by atoms with Crippen LogP contribution in [0.15, 0.2) is 24.3 Å². The maximum atomic E-state index is 5.75. The van der Waals surface area contributed by atoms with Crippen LogP contribution in [-0.2, 0) is 6.61 Å². The van der Waals surface area contributed by atoms with Crippen molar-refractivity contribution in [1.29, 1.82) is 0 Å². The van der Waals surface area contributed by atoms with Crippen molar-refractivity contribution < 1.29 is 4.74 Å². The van der Waals surface area contributed by atoms with Gasteiger partial charge in [-0.3, -0.25) is 0 Å². The van der Waals surface area contributed by atoms with E-state index in [0.29, 0.717) is 22.7 Å². The molecule has 2 aromatic rings. The second-order valence-electron chi connectivity index (χ2n) is 2.78. The average molecular weight is 261 g/mol.